The molecule has 7 heteroatoms. The number of carbonyl (C=O) groups is 1. The van der Waals surface area contributed by atoms with Crippen LogP contribution in [0.5, 0.6) is 5.75 Å². The summed E-state index contributed by atoms with van der Waals surface area (Å²) in [5.41, 5.74) is 3.40. The van der Waals surface area contributed by atoms with E-state index in [1.807, 2.05) is 41.3 Å². The van der Waals surface area contributed by atoms with Crippen molar-refractivity contribution in [1.82, 2.24) is 9.80 Å². The van der Waals surface area contributed by atoms with Crippen molar-refractivity contribution in [2.45, 2.75) is 30.8 Å². The number of urea groups is 1. The lowest BCUT2D eigenvalue weighted by molar-refractivity contribution is -0.0585. The Labute approximate surface area is 223 Å². The Morgan fingerprint density at radius 1 is 1.03 bits per heavy atom. The Kier molecular flexibility index (Phi) is 7.92. The molecular weight excluding hydrogens is 481 g/mol. The maximum atomic E-state index is 13.6. The Morgan fingerprint density at radius 2 is 1.71 bits per heavy atom. The molecule has 3 atom stereocenters. The number of benzene rings is 3. The van der Waals surface area contributed by atoms with Gasteiger partial charge in [0.15, 0.2) is 0 Å². The van der Waals surface area contributed by atoms with Gasteiger partial charge in [-0.15, -0.1) is 0 Å². The third kappa shape index (κ3) is 5.67. The van der Waals surface area contributed by atoms with Gasteiger partial charge in [0.2, 0.25) is 0 Å². The van der Waals surface area contributed by atoms with Crippen molar-refractivity contribution in [3.8, 4) is 17.6 Å². The number of hydrogen-bond donors (Lipinski definition) is 2. The highest BCUT2D eigenvalue weighted by molar-refractivity contribution is 5.89. The number of nitrogens with one attached hydrogen (secondary N) is 1. The predicted octanol–water partition coefficient (Wildman–Crippen LogP) is 4.69. The van der Waals surface area contributed by atoms with Gasteiger partial charge in [-0.25, -0.2) is 9.18 Å². The van der Waals surface area contributed by atoms with E-state index in [2.05, 4.69) is 34.2 Å². The molecule has 196 valence electrons. The van der Waals surface area contributed by atoms with Crippen molar-refractivity contribution in [2.75, 3.05) is 38.7 Å². The topological polar surface area (TPSA) is 65.0 Å². The minimum absolute atomic E-state index is 0.0162. The Hall–Kier alpha value is -3.86. The van der Waals surface area contributed by atoms with Gasteiger partial charge in [-0.3, -0.25) is 4.90 Å². The first kappa shape index (κ1) is 25.8. The lowest BCUT2D eigenvalue weighted by atomic mass is 9.74. The largest absolute Gasteiger partial charge is 0.497 e. The van der Waals surface area contributed by atoms with Crippen molar-refractivity contribution in [3.63, 3.8) is 0 Å². The lowest BCUT2D eigenvalue weighted by Gasteiger charge is -2.57. The number of anilines is 1. The molecule has 6 nitrogen and oxygen atoms in total. The number of aliphatic hydroxyl groups excluding tert-OH is 1. The number of ether oxygens (including phenoxy) is 1. The van der Waals surface area contributed by atoms with Gasteiger partial charge in [-0.05, 0) is 79.5 Å². The lowest BCUT2D eigenvalue weighted by Crippen LogP contribution is -2.68. The molecule has 0 spiro atoms. The van der Waals surface area contributed by atoms with Crippen LogP contribution in [0.2, 0.25) is 0 Å². The smallest absolute Gasteiger partial charge is 0.321 e. The minimum Gasteiger partial charge on any atom is -0.497 e. The highest BCUT2D eigenvalue weighted by Crippen LogP contribution is 2.42. The van der Waals surface area contributed by atoms with Gasteiger partial charge in [0.25, 0.3) is 0 Å². The third-order valence-electron chi connectivity index (χ3n) is 7.47. The minimum atomic E-state index is -0.386. The molecule has 5 rings (SSSR count). The van der Waals surface area contributed by atoms with Crippen LogP contribution < -0.4 is 10.1 Å². The van der Waals surface area contributed by atoms with Crippen LogP contribution in [0.25, 0.3) is 0 Å². The fraction of sp³-hybridized carbons (Fsp3) is 0.323. The van der Waals surface area contributed by atoms with Crippen LogP contribution in [-0.4, -0.2) is 66.4 Å². The molecule has 38 heavy (non-hydrogen) atoms. The van der Waals surface area contributed by atoms with Gasteiger partial charge in [0, 0.05) is 47.9 Å². The van der Waals surface area contributed by atoms with Crippen LogP contribution in [0.4, 0.5) is 14.9 Å². The predicted molar refractivity (Wildman–Crippen MR) is 146 cm³/mol. The average molecular weight is 514 g/mol. The zero-order valence-corrected chi connectivity index (χ0v) is 21.4. The van der Waals surface area contributed by atoms with Crippen molar-refractivity contribution < 1.29 is 19.0 Å². The fourth-order valence-electron chi connectivity index (χ4n) is 5.50. The molecule has 0 unspecified atom stereocenters. The van der Waals surface area contributed by atoms with Crippen LogP contribution in [-0.2, 0) is 0 Å². The maximum Gasteiger partial charge on any atom is 0.321 e. The molecule has 3 aromatic carbocycles. The standard InChI is InChI=1S/C31H32FN3O3/c1-38-27-15-11-23(12-16-27)8-7-22-9-13-24(14-10-22)30-28-20-34(17-2-3-18-35(28)29(30)21-36)31(37)33-26-6-4-5-25(32)19-26/h4-6,9-16,19,28-30,36H,2-3,17-18,20-21H2,1H3,(H,33,37)/t28-,29-,30+/m1/s1. The molecule has 2 N–H and O–H groups in total. The Balaban J connectivity index is 1.30. The fourth-order valence-corrected chi connectivity index (χ4v) is 5.50. The molecule has 0 aromatic heterocycles. The van der Waals surface area contributed by atoms with E-state index in [9.17, 15) is 14.3 Å². The number of methoxy groups -OCH3 is 1. The summed E-state index contributed by atoms with van der Waals surface area (Å²) in [5.74, 6) is 6.91. The van der Waals surface area contributed by atoms with Crippen molar-refractivity contribution >= 4 is 11.7 Å². The first-order chi connectivity index (χ1) is 18.6. The molecule has 0 aliphatic carbocycles. The molecular formula is C31H32FN3O3. The quantitative estimate of drug-likeness (QED) is 0.497. The van der Waals surface area contributed by atoms with Crippen LogP contribution in [0, 0.1) is 17.7 Å². The highest BCUT2D eigenvalue weighted by atomic mass is 19.1. The maximum absolute atomic E-state index is 13.6. The summed E-state index contributed by atoms with van der Waals surface area (Å²) in [7, 11) is 1.64. The van der Waals surface area contributed by atoms with E-state index in [1.165, 1.54) is 12.1 Å². The number of amides is 2. The summed E-state index contributed by atoms with van der Waals surface area (Å²) in [6.45, 7) is 2.15. The average Bonchev–Trinajstić information content (AvgIpc) is 2.92. The SMILES string of the molecule is COc1ccc(C#Cc2ccc([C@@H]3[C@@H](CO)N4CCCCN(C(=O)Nc5cccc(F)c5)C[C@H]34)cc2)cc1. The van der Waals surface area contributed by atoms with Gasteiger partial charge in [-0.2, -0.15) is 0 Å². The Bertz CT molecular complexity index is 1320. The van der Waals surface area contributed by atoms with Crippen LogP contribution in [0.1, 0.15) is 35.4 Å². The molecule has 0 saturated carbocycles. The van der Waals surface area contributed by atoms with Gasteiger partial charge in [0.1, 0.15) is 11.6 Å². The number of carbonyl (C=O) groups excluding carboxylic acids is 1. The number of hydrogen-bond acceptors (Lipinski definition) is 4. The molecule has 2 heterocycles. The van der Waals surface area contributed by atoms with Gasteiger partial charge < -0.3 is 20.1 Å². The monoisotopic (exact) mass is 513 g/mol. The third-order valence-corrected chi connectivity index (χ3v) is 7.47. The number of nitrogens with zero attached hydrogens (tertiary/aromatic N) is 2. The summed E-state index contributed by atoms with van der Waals surface area (Å²) in [4.78, 5) is 17.2. The summed E-state index contributed by atoms with van der Waals surface area (Å²) >= 11 is 0. The second-order valence-corrected chi connectivity index (χ2v) is 9.78. The van der Waals surface area contributed by atoms with E-state index in [0.29, 0.717) is 18.8 Å². The molecule has 2 aliphatic heterocycles. The van der Waals surface area contributed by atoms with Crippen molar-refractivity contribution in [1.29, 1.82) is 0 Å². The van der Waals surface area contributed by atoms with Crippen LogP contribution >= 0.6 is 0 Å². The van der Waals surface area contributed by atoms with Crippen LogP contribution in [0.3, 0.4) is 0 Å². The molecule has 2 amide bonds. The number of rotatable bonds is 4. The summed E-state index contributed by atoms with van der Waals surface area (Å²) in [5, 5.41) is 13.1. The number of fused-ring (bicyclic) bond motifs is 1. The number of halogens is 1. The molecule has 0 radical (unpaired) electrons. The zero-order chi connectivity index (χ0) is 26.5. The second-order valence-electron chi connectivity index (χ2n) is 9.78. The van der Waals surface area contributed by atoms with Crippen molar-refractivity contribution in [3.05, 3.63) is 95.3 Å². The van der Waals surface area contributed by atoms with Gasteiger partial charge >= 0.3 is 6.03 Å². The van der Waals surface area contributed by atoms with E-state index in [4.69, 9.17) is 4.74 Å². The van der Waals surface area contributed by atoms with E-state index < -0.39 is 0 Å². The van der Waals surface area contributed by atoms with Gasteiger partial charge in [-0.1, -0.05) is 30.0 Å². The second kappa shape index (κ2) is 11.7. The molecule has 2 saturated heterocycles. The summed E-state index contributed by atoms with van der Waals surface area (Å²) < 4.78 is 18.8. The summed E-state index contributed by atoms with van der Waals surface area (Å²) in [6, 6.07) is 21.7. The zero-order valence-electron chi connectivity index (χ0n) is 21.4. The van der Waals surface area contributed by atoms with Gasteiger partial charge in [0.05, 0.1) is 13.7 Å². The van der Waals surface area contributed by atoms with Crippen LogP contribution in [0.15, 0.2) is 72.8 Å². The first-order valence-corrected chi connectivity index (χ1v) is 13.0. The first-order valence-electron chi connectivity index (χ1n) is 13.0. The van der Waals surface area contributed by atoms with E-state index in [-0.39, 0.29) is 36.5 Å². The molecule has 2 fully saturated rings. The highest BCUT2D eigenvalue weighted by Gasteiger charge is 2.49. The number of aliphatic hydroxyl groups is 1. The van der Waals surface area contributed by atoms with E-state index in [0.717, 1.165) is 41.8 Å². The normalized spacial score (nSPS) is 21.1. The molecule has 2 aliphatic rings. The van der Waals surface area contributed by atoms with E-state index >= 15 is 0 Å². The Morgan fingerprint density at radius 3 is 2.37 bits per heavy atom. The van der Waals surface area contributed by atoms with E-state index in [1.54, 1.807) is 19.2 Å². The molecule has 3 aromatic rings. The molecule has 0 bridgehead atoms. The summed E-state index contributed by atoms with van der Waals surface area (Å²) in [6.07, 6.45) is 1.83. The van der Waals surface area contributed by atoms with Crippen molar-refractivity contribution in [2.24, 2.45) is 0 Å².